The third-order valence-electron chi connectivity index (χ3n) is 5.02. The van der Waals surface area contributed by atoms with Crippen LogP contribution in [0.15, 0.2) is 24.5 Å². The van der Waals surface area contributed by atoms with Crippen LogP contribution in [-0.4, -0.2) is 70.3 Å². The highest BCUT2D eigenvalue weighted by Gasteiger charge is 2.27. The molecule has 0 bridgehead atoms. The molecule has 1 aliphatic rings. The largest absolute Gasteiger partial charge is 0.385 e. The van der Waals surface area contributed by atoms with Gasteiger partial charge in [-0.05, 0) is 60.4 Å². The normalized spacial score (nSPS) is 14.9. The van der Waals surface area contributed by atoms with Crippen molar-refractivity contribution in [2.24, 2.45) is 5.92 Å². The minimum absolute atomic E-state index is 0.00896. The lowest BCUT2D eigenvalue weighted by molar-refractivity contribution is -0.126. The van der Waals surface area contributed by atoms with Crippen LogP contribution in [0.5, 0.6) is 0 Å². The van der Waals surface area contributed by atoms with Gasteiger partial charge >= 0.3 is 0 Å². The number of hydrogen-bond acceptors (Lipinski definition) is 6. The first-order valence-electron chi connectivity index (χ1n) is 9.50. The van der Waals surface area contributed by atoms with Crippen LogP contribution in [0, 0.1) is 12.8 Å². The summed E-state index contributed by atoms with van der Waals surface area (Å²) in [6, 6.07) is 5.49. The van der Waals surface area contributed by atoms with Gasteiger partial charge in [0, 0.05) is 44.8 Å². The van der Waals surface area contributed by atoms with E-state index in [0.29, 0.717) is 44.6 Å². The Hall–Kier alpha value is -2.81. The van der Waals surface area contributed by atoms with Crippen LogP contribution in [0.3, 0.4) is 0 Å². The van der Waals surface area contributed by atoms with Gasteiger partial charge in [-0.1, -0.05) is 0 Å². The summed E-state index contributed by atoms with van der Waals surface area (Å²) in [7, 11) is 1.65. The zero-order valence-electron chi connectivity index (χ0n) is 16.3. The number of benzene rings is 1. The van der Waals surface area contributed by atoms with Crippen molar-refractivity contribution in [2.75, 3.05) is 33.4 Å². The molecule has 9 heteroatoms. The number of carbonyl (C=O) groups excluding carboxylic acids is 2. The molecule has 0 radical (unpaired) electrons. The van der Waals surface area contributed by atoms with Gasteiger partial charge in [0.25, 0.3) is 5.91 Å². The van der Waals surface area contributed by atoms with Gasteiger partial charge in [0.05, 0.1) is 5.69 Å². The number of carbonyl (C=O) groups is 2. The Bertz CT molecular complexity index is 800. The van der Waals surface area contributed by atoms with E-state index in [0.717, 1.165) is 17.7 Å². The molecule has 2 heterocycles. The van der Waals surface area contributed by atoms with E-state index < -0.39 is 0 Å². The molecule has 1 fully saturated rings. The van der Waals surface area contributed by atoms with Gasteiger partial charge in [-0.25, -0.2) is 4.68 Å². The molecule has 1 aromatic carbocycles. The van der Waals surface area contributed by atoms with Gasteiger partial charge in [0.1, 0.15) is 6.33 Å². The van der Waals surface area contributed by atoms with Gasteiger partial charge in [-0.3, -0.25) is 9.59 Å². The number of likely N-dealkylation sites (tertiary alicyclic amines) is 1. The minimum Gasteiger partial charge on any atom is -0.385 e. The molecular formula is C19H26N6O3. The Labute approximate surface area is 164 Å². The zero-order valence-corrected chi connectivity index (χ0v) is 16.3. The quantitative estimate of drug-likeness (QED) is 0.712. The maximum Gasteiger partial charge on any atom is 0.253 e. The summed E-state index contributed by atoms with van der Waals surface area (Å²) in [4.78, 5) is 26.9. The highest BCUT2D eigenvalue weighted by molar-refractivity contribution is 5.95. The molecule has 0 spiro atoms. The maximum atomic E-state index is 12.8. The van der Waals surface area contributed by atoms with E-state index in [2.05, 4.69) is 20.8 Å². The Balaban J connectivity index is 1.54. The number of amides is 2. The molecule has 9 nitrogen and oxygen atoms in total. The molecule has 0 atom stereocenters. The first-order valence-corrected chi connectivity index (χ1v) is 9.50. The monoisotopic (exact) mass is 386 g/mol. The number of aryl methyl sites for hydroxylation is 1. The topological polar surface area (TPSA) is 102 Å². The lowest BCUT2D eigenvalue weighted by atomic mass is 9.95. The smallest absolute Gasteiger partial charge is 0.253 e. The Kier molecular flexibility index (Phi) is 6.70. The number of ether oxygens (including phenoxy) is 1. The van der Waals surface area contributed by atoms with Crippen LogP contribution in [0.4, 0.5) is 0 Å². The molecule has 0 aliphatic carbocycles. The summed E-state index contributed by atoms with van der Waals surface area (Å²) in [6.07, 6.45) is 3.70. The van der Waals surface area contributed by atoms with Gasteiger partial charge in [-0.2, -0.15) is 0 Å². The number of tetrazole rings is 1. The van der Waals surface area contributed by atoms with Gasteiger partial charge in [-0.15, -0.1) is 5.10 Å². The number of nitrogens with zero attached hydrogens (tertiary/aromatic N) is 5. The lowest BCUT2D eigenvalue weighted by Crippen LogP contribution is -2.43. The fraction of sp³-hybridized carbons (Fsp3) is 0.526. The Morgan fingerprint density at radius 3 is 2.71 bits per heavy atom. The molecule has 1 aromatic heterocycles. The molecule has 0 unspecified atom stereocenters. The number of piperidine rings is 1. The predicted molar refractivity (Wildman–Crippen MR) is 102 cm³/mol. The summed E-state index contributed by atoms with van der Waals surface area (Å²) >= 11 is 0. The second-order valence-electron chi connectivity index (χ2n) is 6.96. The molecular weight excluding hydrogens is 360 g/mol. The molecule has 28 heavy (non-hydrogen) atoms. The Morgan fingerprint density at radius 1 is 1.29 bits per heavy atom. The molecule has 1 saturated heterocycles. The molecule has 150 valence electrons. The number of rotatable bonds is 7. The van der Waals surface area contributed by atoms with Crippen molar-refractivity contribution in [3.8, 4) is 5.69 Å². The molecule has 1 aliphatic heterocycles. The third kappa shape index (κ3) is 4.72. The first kappa shape index (κ1) is 19.9. The first-order chi connectivity index (χ1) is 13.6. The molecule has 2 aromatic rings. The second kappa shape index (κ2) is 9.41. The zero-order chi connectivity index (χ0) is 19.9. The fourth-order valence-electron chi connectivity index (χ4n) is 3.42. The molecule has 3 rings (SSSR count). The summed E-state index contributed by atoms with van der Waals surface area (Å²) < 4.78 is 6.55. The summed E-state index contributed by atoms with van der Waals surface area (Å²) in [5, 5.41) is 14.1. The second-order valence-corrected chi connectivity index (χ2v) is 6.96. The van der Waals surface area contributed by atoms with Crippen molar-refractivity contribution in [2.45, 2.75) is 26.2 Å². The summed E-state index contributed by atoms with van der Waals surface area (Å²) in [5.74, 6) is 0.0330. The minimum atomic E-state index is -0.0319. The highest BCUT2D eigenvalue weighted by Crippen LogP contribution is 2.21. The number of methoxy groups -OCH3 is 1. The number of nitrogens with one attached hydrogen (secondary N) is 1. The van der Waals surface area contributed by atoms with E-state index in [1.165, 1.54) is 6.33 Å². The van der Waals surface area contributed by atoms with Crippen LogP contribution < -0.4 is 5.32 Å². The van der Waals surface area contributed by atoms with Crippen LogP contribution in [-0.2, 0) is 9.53 Å². The van der Waals surface area contributed by atoms with Crippen molar-refractivity contribution < 1.29 is 14.3 Å². The van der Waals surface area contributed by atoms with E-state index in [1.54, 1.807) is 17.9 Å². The summed E-state index contributed by atoms with van der Waals surface area (Å²) in [5.41, 5.74) is 2.39. The van der Waals surface area contributed by atoms with E-state index in [-0.39, 0.29) is 17.7 Å². The highest BCUT2D eigenvalue weighted by atomic mass is 16.5. The van der Waals surface area contributed by atoms with Crippen molar-refractivity contribution in [1.29, 1.82) is 0 Å². The van der Waals surface area contributed by atoms with Crippen LogP contribution in [0.1, 0.15) is 35.2 Å². The number of hydrogen-bond donors (Lipinski definition) is 1. The molecule has 2 amide bonds. The van der Waals surface area contributed by atoms with Crippen LogP contribution >= 0.6 is 0 Å². The number of aromatic nitrogens is 4. The van der Waals surface area contributed by atoms with Gasteiger partial charge in [0.15, 0.2) is 0 Å². The van der Waals surface area contributed by atoms with Crippen molar-refractivity contribution in [3.05, 3.63) is 35.7 Å². The molecule has 1 N–H and O–H groups in total. The fourth-order valence-corrected chi connectivity index (χ4v) is 3.42. The molecule has 0 saturated carbocycles. The van der Waals surface area contributed by atoms with Crippen molar-refractivity contribution in [1.82, 2.24) is 30.4 Å². The van der Waals surface area contributed by atoms with E-state index in [9.17, 15) is 9.59 Å². The van der Waals surface area contributed by atoms with Gasteiger partial charge < -0.3 is 15.0 Å². The lowest BCUT2D eigenvalue weighted by Gasteiger charge is -2.31. The maximum absolute atomic E-state index is 12.8. The standard InChI is InChI=1S/C19H26N6O3/c1-14-12-16(4-5-17(14)25-13-21-22-23-25)19(27)24-9-6-15(7-10-24)18(26)20-8-3-11-28-2/h4-5,12-13,15H,3,6-11H2,1-2H3,(H,20,26). The average molecular weight is 386 g/mol. The average Bonchev–Trinajstić information content (AvgIpc) is 3.25. The van der Waals surface area contributed by atoms with E-state index in [1.807, 2.05) is 24.0 Å². The summed E-state index contributed by atoms with van der Waals surface area (Å²) in [6.45, 7) is 4.36. The third-order valence-corrected chi connectivity index (χ3v) is 5.02. The predicted octanol–water partition coefficient (Wildman–Crippen LogP) is 0.976. The Morgan fingerprint density at radius 2 is 2.07 bits per heavy atom. The van der Waals surface area contributed by atoms with E-state index >= 15 is 0 Å². The van der Waals surface area contributed by atoms with Crippen molar-refractivity contribution in [3.63, 3.8) is 0 Å². The van der Waals surface area contributed by atoms with Gasteiger partial charge in [0.2, 0.25) is 5.91 Å². The SMILES string of the molecule is COCCCNC(=O)C1CCN(C(=O)c2ccc(-n3cnnn3)c(C)c2)CC1. The van der Waals surface area contributed by atoms with Crippen molar-refractivity contribution >= 4 is 11.8 Å². The van der Waals surface area contributed by atoms with Crippen LogP contribution in [0.25, 0.3) is 5.69 Å². The van der Waals surface area contributed by atoms with E-state index in [4.69, 9.17) is 4.74 Å². The van der Waals surface area contributed by atoms with Crippen LogP contribution in [0.2, 0.25) is 0 Å².